The lowest BCUT2D eigenvalue weighted by Gasteiger charge is -2.20. The maximum atomic E-state index is 12.1. The van der Waals surface area contributed by atoms with E-state index in [-0.39, 0.29) is 18.4 Å². The lowest BCUT2D eigenvalue weighted by molar-refractivity contribution is -0.132. The number of rotatable bonds is 7. The molecule has 1 rings (SSSR count). The van der Waals surface area contributed by atoms with Crippen molar-refractivity contribution in [1.82, 2.24) is 4.90 Å². The van der Waals surface area contributed by atoms with Crippen molar-refractivity contribution in [3.63, 3.8) is 0 Å². The van der Waals surface area contributed by atoms with E-state index in [9.17, 15) is 9.59 Å². The van der Waals surface area contributed by atoms with Gasteiger partial charge in [0, 0.05) is 24.2 Å². The van der Waals surface area contributed by atoms with Crippen LogP contribution in [0.5, 0.6) is 0 Å². The molecule has 0 saturated heterocycles. The Hall–Kier alpha value is -1.55. The quantitative estimate of drug-likeness (QED) is 0.782. The van der Waals surface area contributed by atoms with Gasteiger partial charge in [-0.15, -0.1) is 0 Å². The number of halogens is 1. The van der Waals surface area contributed by atoms with Gasteiger partial charge in [-0.3, -0.25) is 9.59 Å². The lowest BCUT2D eigenvalue weighted by Crippen LogP contribution is -2.37. The molecule has 1 aromatic rings. The van der Waals surface area contributed by atoms with Crippen molar-refractivity contribution in [2.45, 2.75) is 40.0 Å². The van der Waals surface area contributed by atoms with Gasteiger partial charge < -0.3 is 10.2 Å². The maximum absolute atomic E-state index is 12.1. The van der Waals surface area contributed by atoms with E-state index >= 15 is 0 Å². The van der Waals surface area contributed by atoms with Crippen LogP contribution in [0, 0.1) is 6.92 Å². The highest BCUT2D eigenvalue weighted by molar-refractivity contribution is 6.31. The van der Waals surface area contributed by atoms with Crippen LogP contribution in [-0.2, 0) is 9.59 Å². The Labute approximate surface area is 131 Å². The Bertz CT molecular complexity index is 503. The van der Waals surface area contributed by atoms with Crippen molar-refractivity contribution in [2.75, 3.05) is 18.4 Å². The first-order chi connectivity index (χ1) is 9.95. The topological polar surface area (TPSA) is 49.4 Å². The molecular formula is C16H23ClN2O2. The zero-order valence-electron chi connectivity index (χ0n) is 12.9. The predicted octanol–water partition coefficient (Wildman–Crippen LogP) is 3.63. The number of hydrogen-bond acceptors (Lipinski definition) is 2. The van der Waals surface area contributed by atoms with Gasteiger partial charge in [0.1, 0.15) is 0 Å². The molecule has 0 saturated carbocycles. The highest BCUT2D eigenvalue weighted by Gasteiger charge is 2.14. The fourth-order valence-electron chi connectivity index (χ4n) is 2.01. The molecule has 2 amide bonds. The molecule has 5 heteroatoms. The highest BCUT2D eigenvalue weighted by atomic mass is 35.5. The second kappa shape index (κ2) is 8.67. The first kappa shape index (κ1) is 17.5. The summed E-state index contributed by atoms with van der Waals surface area (Å²) in [6, 6.07) is 5.36. The molecular weight excluding hydrogens is 288 g/mol. The van der Waals surface area contributed by atoms with Gasteiger partial charge in [-0.2, -0.15) is 0 Å². The zero-order valence-corrected chi connectivity index (χ0v) is 13.7. The molecule has 4 nitrogen and oxygen atoms in total. The second-order valence-corrected chi connectivity index (χ2v) is 5.52. The number of carbonyl (C=O) groups is 2. The molecule has 116 valence electrons. The summed E-state index contributed by atoms with van der Waals surface area (Å²) in [5.41, 5.74) is 1.51. The van der Waals surface area contributed by atoms with Crippen LogP contribution in [0.1, 0.15) is 38.7 Å². The van der Waals surface area contributed by atoms with Gasteiger partial charge >= 0.3 is 0 Å². The van der Waals surface area contributed by atoms with E-state index in [1.54, 1.807) is 23.1 Å². The standard InChI is InChI=1S/C16H23ClN2O2/c1-4-5-6-10-19(13(3)20)11-16(21)18-15-9-7-8-14(17)12(15)2/h7-9H,4-6,10-11H2,1-3H3,(H,18,21). The van der Waals surface area contributed by atoms with Crippen LogP contribution in [-0.4, -0.2) is 29.8 Å². The van der Waals surface area contributed by atoms with E-state index in [1.165, 1.54) is 6.92 Å². The van der Waals surface area contributed by atoms with Crippen molar-refractivity contribution >= 4 is 29.1 Å². The highest BCUT2D eigenvalue weighted by Crippen LogP contribution is 2.22. The van der Waals surface area contributed by atoms with Crippen LogP contribution in [0.2, 0.25) is 5.02 Å². The molecule has 0 aliphatic carbocycles. The lowest BCUT2D eigenvalue weighted by atomic mass is 10.2. The Morgan fingerprint density at radius 2 is 2.00 bits per heavy atom. The van der Waals surface area contributed by atoms with Crippen LogP contribution in [0.4, 0.5) is 5.69 Å². The number of nitrogens with zero attached hydrogens (tertiary/aromatic N) is 1. The van der Waals surface area contributed by atoms with Crippen LogP contribution >= 0.6 is 11.6 Å². The van der Waals surface area contributed by atoms with Crippen molar-refractivity contribution in [3.05, 3.63) is 28.8 Å². The normalized spacial score (nSPS) is 10.3. The second-order valence-electron chi connectivity index (χ2n) is 5.11. The molecule has 1 aromatic carbocycles. The van der Waals surface area contributed by atoms with Gasteiger partial charge in [0.05, 0.1) is 6.54 Å². The summed E-state index contributed by atoms with van der Waals surface area (Å²) in [7, 11) is 0. The summed E-state index contributed by atoms with van der Waals surface area (Å²) in [6.45, 7) is 6.13. The van der Waals surface area contributed by atoms with Gasteiger partial charge in [0.2, 0.25) is 11.8 Å². The summed E-state index contributed by atoms with van der Waals surface area (Å²) in [4.78, 5) is 25.2. The van der Waals surface area contributed by atoms with Crippen LogP contribution in [0.3, 0.4) is 0 Å². The van der Waals surface area contributed by atoms with Crippen molar-refractivity contribution < 1.29 is 9.59 Å². The molecule has 0 heterocycles. The number of nitrogens with one attached hydrogen (secondary N) is 1. The van der Waals surface area contributed by atoms with Gasteiger partial charge in [-0.25, -0.2) is 0 Å². The molecule has 1 N–H and O–H groups in total. The summed E-state index contributed by atoms with van der Waals surface area (Å²) in [6.07, 6.45) is 3.05. The van der Waals surface area contributed by atoms with E-state index < -0.39 is 0 Å². The van der Waals surface area contributed by atoms with E-state index in [0.29, 0.717) is 17.3 Å². The van der Waals surface area contributed by atoms with Crippen molar-refractivity contribution in [1.29, 1.82) is 0 Å². The van der Waals surface area contributed by atoms with Gasteiger partial charge in [-0.05, 0) is 31.0 Å². The molecule has 0 atom stereocenters. The first-order valence-corrected chi connectivity index (χ1v) is 7.64. The summed E-state index contributed by atoms with van der Waals surface area (Å²) >= 11 is 6.02. The molecule has 0 aliphatic rings. The molecule has 0 bridgehead atoms. The minimum Gasteiger partial charge on any atom is -0.334 e. The molecule has 0 radical (unpaired) electrons. The average Bonchev–Trinajstić information content (AvgIpc) is 2.43. The number of benzene rings is 1. The van der Waals surface area contributed by atoms with Gasteiger partial charge in [0.15, 0.2) is 0 Å². The molecule has 0 fully saturated rings. The Morgan fingerprint density at radius 1 is 1.29 bits per heavy atom. The number of amides is 2. The van der Waals surface area contributed by atoms with E-state index in [4.69, 9.17) is 11.6 Å². The fourth-order valence-corrected chi connectivity index (χ4v) is 2.18. The summed E-state index contributed by atoms with van der Waals surface area (Å²) in [5.74, 6) is -0.281. The number of unbranched alkanes of at least 4 members (excludes halogenated alkanes) is 2. The molecule has 0 unspecified atom stereocenters. The Kier molecular flexibility index (Phi) is 7.23. The minimum atomic E-state index is -0.202. The van der Waals surface area contributed by atoms with Gasteiger partial charge in [-0.1, -0.05) is 37.4 Å². The van der Waals surface area contributed by atoms with Crippen LogP contribution < -0.4 is 5.32 Å². The predicted molar refractivity (Wildman–Crippen MR) is 86.6 cm³/mol. The first-order valence-electron chi connectivity index (χ1n) is 7.26. The van der Waals surface area contributed by atoms with Crippen molar-refractivity contribution in [2.24, 2.45) is 0 Å². The number of hydrogen-bond donors (Lipinski definition) is 1. The Balaban J connectivity index is 2.61. The molecule has 0 aromatic heterocycles. The largest absolute Gasteiger partial charge is 0.334 e. The van der Waals surface area contributed by atoms with Crippen molar-refractivity contribution in [3.8, 4) is 0 Å². The zero-order chi connectivity index (χ0) is 15.8. The van der Waals surface area contributed by atoms with Gasteiger partial charge in [0.25, 0.3) is 0 Å². The summed E-state index contributed by atoms with van der Waals surface area (Å²) in [5, 5.41) is 3.42. The third kappa shape index (κ3) is 5.76. The third-order valence-electron chi connectivity index (χ3n) is 3.35. The smallest absolute Gasteiger partial charge is 0.244 e. The number of carbonyl (C=O) groups excluding carboxylic acids is 2. The van der Waals surface area contributed by atoms with Crippen LogP contribution in [0.15, 0.2) is 18.2 Å². The average molecular weight is 311 g/mol. The molecule has 0 aliphatic heterocycles. The summed E-state index contributed by atoms with van der Waals surface area (Å²) < 4.78 is 0. The van der Waals surface area contributed by atoms with E-state index in [1.807, 2.05) is 6.92 Å². The fraction of sp³-hybridized carbons (Fsp3) is 0.500. The monoisotopic (exact) mass is 310 g/mol. The molecule has 0 spiro atoms. The third-order valence-corrected chi connectivity index (χ3v) is 3.76. The Morgan fingerprint density at radius 3 is 2.62 bits per heavy atom. The SMILES string of the molecule is CCCCCN(CC(=O)Nc1cccc(Cl)c1C)C(C)=O. The van der Waals surface area contributed by atoms with Crippen LogP contribution in [0.25, 0.3) is 0 Å². The number of anilines is 1. The molecule has 21 heavy (non-hydrogen) atoms. The van der Waals surface area contributed by atoms with E-state index in [2.05, 4.69) is 12.2 Å². The van der Waals surface area contributed by atoms with E-state index in [0.717, 1.165) is 24.8 Å². The maximum Gasteiger partial charge on any atom is 0.244 e. The minimum absolute atomic E-state index is 0.0744.